The molecule has 0 fully saturated rings. The lowest BCUT2D eigenvalue weighted by Gasteiger charge is -2.12. The van der Waals surface area contributed by atoms with Gasteiger partial charge in [-0.15, -0.1) is 0 Å². The zero-order valence-corrected chi connectivity index (χ0v) is 30.6. The van der Waals surface area contributed by atoms with Crippen LogP contribution in [0.3, 0.4) is 0 Å². The Balaban J connectivity index is 0.994. The molecule has 0 N–H and O–H groups in total. The molecule has 1 aliphatic rings. The maximum Gasteiger partial charge on any atom is 0.160 e. The Morgan fingerprint density at radius 1 is 0.357 bits per heavy atom. The van der Waals surface area contributed by atoms with Gasteiger partial charge in [0.05, 0.1) is 22.4 Å². The third-order valence-electron chi connectivity index (χ3n) is 11.3. The molecule has 0 radical (unpaired) electrons. The summed E-state index contributed by atoms with van der Waals surface area (Å²) in [7, 11) is 0. The maximum atomic E-state index is 5.28. The minimum atomic E-state index is 0.746. The normalized spacial score (nSPS) is 11.9. The summed E-state index contributed by atoms with van der Waals surface area (Å²) in [5.41, 5.74) is 18.5. The summed E-state index contributed by atoms with van der Waals surface area (Å²) in [5.74, 6) is 0.746. The molecule has 0 aliphatic heterocycles. The number of benzene rings is 8. The van der Waals surface area contributed by atoms with E-state index in [1.807, 2.05) is 6.07 Å². The van der Waals surface area contributed by atoms with Crippen molar-refractivity contribution < 1.29 is 0 Å². The summed E-state index contributed by atoms with van der Waals surface area (Å²) in [5, 5.41) is 2.51. The van der Waals surface area contributed by atoms with E-state index in [-0.39, 0.29) is 0 Å². The minimum absolute atomic E-state index is 0.746. The van der Waals surface area contributed by atoms with Crippen LogP contribution in [0, 0.1) is 0 Å². The smallest absolute Gasteiger partial charge is 0.160 e. The first-order chi connectivity index (χ1) is 27.7. The summed E-state index contributed by atoms with van der Waals surface area (Å²) in [6.07, 6.45) is 0.798. The number of hydrogen-bond donors (Lipinski definition) is 0. The van der Waals surface area contributed by atoms with Crippen LogP contribution in [-0.2, 0) is 6.42 Å². The average molecular weight is 714 g/mol. The van der Waals surface area contributed by atoms with Crippen molar-refractivity contribution >= 4 is 21.8 Å². The molecule has 10 aromatic rings. The maximum absolute atomic E-state index is 5.28. The highest BCUT2D eigenvalue weighted by atomic mass is 15.0. The number of rotatable bonds is 6. The summed E-state index contributed by atoms with van der Waals surface area (Å²) >= 11 is 0. The molecule has 2 aromatic heterocycles. The van der Waals surface area contributed by atoms with Gasteiger partial charge in [-0.3, -0.25) is 0 Å². The van der Waals surface area contributed by atoms with Gasteiger partial charge in [-0.05, 0) is 81.4 Å². The molecule has 0 unspecified atom stereocenters. The molecule has 2 heterocycles. The zero-order chi connectivity index (χ0) is 37.0. The predicted octanol–water partition coefficient (Wildman–Crippen LogP) is 13.5. The molecule has 262 valence electrons. The second-order valence-electron chi connectivity index (χ2n) is 14.6. The van der Waals surface area contributed by atoms with Gasteiger partial charge < -0.3 is 4.57 Å². The van der Waals surface area contributed by atoms with Gasteiger partial charge in [0.2, 0.25) is 0 Å². The zero-order valence-electron chi connectivity index (χ0n) is 30.6. The van der Waals surface area contributed by atoms with Crippen LogP contribution in [0.2, 0.25) is 0 Å². The molecule has 56 heavy (non-hydrogen) atoms. The monoisotopic (exact) mass is 713 g/mol. The Hall–Kier alpha value is -7.36. The van der Waals surface area contributed by atoms with Crippen LogP contribution in [0.4, 0.5) is 0 Å². The van der Waals surface area contributed by atoms with Crippen LogP contribution < -0.4 is 0 Å². The van der Waals surface area contributed by atoms with E-state index in [1.165, 1.54) is 77.6 Å². The highest BCUT2D eigenvalue weighted by Crippen LogP contribution is 2.43. The fourth-order valence-electron chi connectivity index (χ4n) is 8.49. The van der Waals surface area contributed by atoms with Crippen LogP contribution in [0.25, 0.3) is 94.8 Å². The lowest BCUT2D eigenvalue weighted by molar-refractivity contribution is 1.13. The predicted molar refractivity (Wildman–Crippen MR) is 232 cm³/mol. The van der Waals surface area contributed by atoms with Crippen molar-refractivity contribution in [3.63, 3.8) is 0 Å². The Labute approximate surface area is 325 Å². The van der Waals surface area contributed by atoms with Crippen LogP contribution in [0.5, 0.6) is 0 Å². The standard InChI is InChI=1S/C53H35N3/c1-4-13-35(14-5-1)36-23-25-37(26-24-36)51-48-34-43-28-27-41(32-46(43)52(48)55-53(54-51)38-15-6-2-7-16-38)39-17-12-18-40(31-39)42-29-30-50-47(33-42)45-21-10-11-22-49(45)56(50)44-19-8-3-9-20-44/h1-33H,34H2. The van der Waals surface area contributed by atoms with E-state index in [1.54, 1.807) is 0 Å². The van der Waals surface area contributed by atoms with E-state index in [0.717, 1.165) is 34.8 Å². The minimum Gasteiger partial charge on any atom is -0.309 e. The van der Waals surface area contributed by atoms with Crippen molar-refractivity contribution in [2.75, 3.05) is 0 Å². The molecule has 0 spiro atoms. The van der Waals surface area contributed by atoms with Crippen molar-refractivity contribution in [1.82, 2.24) is 14.5 Å². The van der Waals surface area contributed by atoms with Gasteiger partial charge in [-0.2, -0.15) is 0 Å². The van der Waals surface area contributed by atoms with E-state index in [2.05, 4.69) is 199 Å². The molecular formula is C53H35N3. The van der Waals surface area contributed by atoms with Crippen molar-refractivity contribution in [2.45, 2.75) is 6.42 Å². The van der Waals surface area contributed by atoms with Gasteiger partial charge in [0.15, 0.2) is 5.82 Å². The molecule has 11 rings (SSSR count). The molecule has 0 saturated heterocycles. The fraction of sp³-hybridized carbons (Fsp3) is 0.0189. The van der Waals surface area contributed by atoms with Crippen LogP contribution in [-0.4, -0.2) is 14.5 Å². The van der Waals surface area contributed by atoms with Gasteiger partial charge in [0.1, 0.15) is 0 Å². The SMILES string of the molecule is c1ccc(-c2ccc(-c3nc(-c4ccccc4)nc4c3Cc3ccc(-c5cccc(-c6ccc7c(c6)c6ccccc6n7-c6ccccc6)c5)cc3-4)cc2)cc1. The number of aromatic nitrogens is 3. The lowest BCUT2D eigenvalue weighted by atomic mass is 9.96. The number of hydrogen-bond acceptors (Lipinski definition) is 2. The Morgan fingerprint density at radius 2 is 0.893 bits per heavy atom. The molecule has 0 atom stereocenters. The Morgan fingerprint density at radius 3 is 1.66 bits per heavy atom. The van der Waals surface area contributed by atoms with E-state index < -0.39 is 0 Å². The third-order valence-corrected chi connectivity index (χ3v) is 11.3. The molecule has 3 heteroatoms. The van der Waals surface area contributed by atoms with Crippen molar-refractivity contribution in [3.8, 4) is 73.0 Å². The molecule has 0 amide bonds. The largest absolute Gasteiger partial charge is 0.309 e. The quantitative estimate of drug-likeness (QED) is 0.172. The van der Waals surface area contributed by atoms with Gasteiger partial charge >= 0.3 is 0 Å². The molecule has 0 saturated carbocycles. The van der Waals surface area contributed by atoms with Crippen molar-refractivity contribution in [1.29, 1.82) is 0 Å². The van der Waals surface area contributed by atoms with E-state index in [4.69, 9.17) is 9.97 Å². The molecule has 1 aliphatic carbocycles. The lowest BCUT2D eigenvalue weighted by Crippen LogP contribution is -1.99. The summed E-state index contributed by atoms with van der Waals surface area (Å²) in [6.45, 7) is 0. The first kappa shape index (κ1) is 32.1. The fourth-order valence-corrected chi connectivity index (χ4v) is 8.49. The third kappa shape index (κ3) is 5.44. The van der Waals surface area contributed by atoms with Crippen molar-refractivity contribution in [2.24, 2.45) is 0 Å². The highest BCUT2D eigenvalue weighted by Gasteiger charge is 2.27. The number of para-hydroxylation sites is 2. The van der Waals surface area contributed by atoms with Crippen molar-refractivity contribution in [3.05, 3.63) is 211 Å². The number of fused-ring (bicyclic) bond motifs is 6. The van der Waals surface area contributed by atoms with E-state index in [9.17, 15) is 0 Å². The molecular weight excluding hydrogens is 679 g/mol. The topological polar surface area (TPSA) is 30.7 Å². The van der Waals surface area contributed by atoms with Gasteiger partial charge in [0.25, 0.3) is 0 Å². The molecule has 8 aromatic carbocycles. The Kier molecular flexibility index (Phi) is 7.56. The summed E-state index contributed by atoms with van der Waals surface area (Å²) in [6, 6.07) is 71.7. The first-order valence-corrected chi connectivity index (χ1v) is 19.2. The Bertz CT molecular complexity index is 3070. The second-order valence-corrected chi connectivity index (χ2v) is 14.6. The first-order valence-electron chi connectivity index (χ1n) is 19.2. The van der Waals surface area contributed by atoms with Gasteiger partial charge in [0, 0.05) is 45.1 Å². The van der Waals surface area contributed by atoms with Crippen LogP contribution >= 0.6 is 0 Å². The molecule has 0 bridgehead atoms. The van der Waals surface area contributed by atoms with Crippen LogP contribution in [0.15, 0.2) is 200 Å². The van der Waals surface area contributed by atoms with Gasteiger partial charge in [-0.1, -0.05) is 158 Å². The van der Waals surface area contributed by atoms with Gasteiger partial charge in [-0.25, -0.2) is 9.97 Å². The van der Waals surface area contributed by atoms with Crippen LogP contribution in [0.1, 0.15) is 11.1 Å². The highest BCUT2D eigenvalue weighted by molar-refractivity contribution is 6.10. The van der Waals surface area contributed by atoms with E-state index in [0.29, 0.717) is 0 Å². The number of nitrogens with zero attached hydrogens (tertiary/aromatic N) is 3. The van der Waals surface area contributed by atoms with E-state index >= 15 is 0 Å². The summed E-state index contributed by atoms with van der Waals surface area (Å²) in [4.78, 5) is 10.5. The summed E-state index contributed by atoms with van der Waals surface area (Å²) < 4.78 is 2.37. The second kappa shape index (κ2) is 13.2. The average Bonchev–Trinajstić information content (AvgIpc) is 3.82. The molecule has 3 nitrogen and oxygen atoms in total.